The van der Waals surface area contributed by atoms with Gasteiger partial charge in [0.1, 0.15) is 10.7 Å². The number of nitrogens with one attached hydrogen (secondary N) is 1. The number of hydrazone groups is 1. The van der Waals surface area contributed by atoms with Gasteiger partial charge in [0, 0.05) is 24.2 Å². The Labute approximate surface area is 119 Å². The van der Waals surface area contributed by atoms with E-state index >= 15 is 0 Å². The third-order valence-corrected chi connectivity index (χ3v) is 2.32. The maximum atomic E-state index is 11.6. The van der Waals surface area contributed by atoms with Crippen LogP contribution in [0.1, 0.15) is 16.1 Å². The first-order valence-electron chi connectivity index (χ1n) is 5.81. The van der Waals surface area contributed by atoms with Gasteiger partial charge in [0.25, 0.3) is 5.91 Å². The normalized spacial score (nSPS) is 11.0. The number of amides is 1. The summed E-state index contributed by atoms with van der Waals surface area (Å²) in [6.07, 6.45) is 7.29. The van der Waals surface area contributed by atoms with Gasteiger partial charge < -0.3 is 4.42 Å². The summed E-state index contributed by atoms with van der Waals surface area (Å²) in [5.41, 5.74) is 2.76. The fourth-order valence-corrected chi connectivity index (χ4v) is 1.37. The molecule has 1 N–H and O–H groups in total. The van der Waals surface area contributed by atoms with Crippen molar-refractivity contribution in [1.82, 2.24) is 10.4 Å². The standard InChI is InChI=1S/C13H10N4O4/c18-13(10-5-8-14-9-6-10)16-15-7-1-2-11-3-4-12(21-11)17(19)20/h1-9H,(H,16,18)/b2-1+,15-7-. The highest BCUT2D eigenvalue weighted by Gasteiger charge is 2.09. The minimum absolute atomic E-state index is 0.314. The molecule has 21 heavy (non-hydrogen) atoms. The van der Waals surface area contributed by atoms with Crippen LogP contribution in [0.2, 0.25) is 0 Å². The summed E-state index contributed by atoms with van der Waals surface area (Å²) in [5.74, 6) is -0.387. The first-order chi connectivity index (χ1) is 10.2. The van der Waals surface area contributed by atoms with Crippen LogP contribution >= 0.6 is 0 Å². The van der Waals surface area contributed by atoms with E-state index in [4.69, 9.17) is 4.42 Å². The highest BCUT2D eigenvalue weighted by Crippen LogP contribution is 2.16. The molecular formula is C13H10N4O4. The van der Waals surface area contributed by atoms with Gasteiger partial charge in [-0.15, -0.1) is 0 Å². The Kier molecular flexibility index (Phi) is 4.54. The van der Waals surface area contributed by atoms with Gasteiger partial charge in [-0.2, -0.15) is 5.10 Å². The topological polar surface area (TPSA) is 111 Å². The van der Waals surface area contributed by atoms with Gasteiger partial charge >= 0.3 is 5.88 Å². The Morgan fingerprint density at radius 3 is 2.76 bits per heavy atom. The SMILES string of the molecule is O=C(N/N=C\C=C\c1ccc([N+](=O)[O-])o1)c1ccncc1. The van der Waals surface area contributed by atoms with Crippen molar-refractivity contribution in [1.29, 1.82) is 0 Å². The molecule has 0 saturated heterocycles. The first-order valence-corrected chi connectivity index (χ1v) is 5.81. The number of pyridine rings is 1. The van der Waals surface area contributed by atoms with E-state index in [2.05, 4.69) is 15.5 Å². The van der Waals surface area contributed by atoms with Crippen LogP contribution in [-0.2, 0) is 0 Å². The van der Waals surface area contributed by atoms with Crippen LogP contribution in [0.4, 0.5) is 5.88 Å². The Morgan fingerprint density at radius 1 is 1.33 bits per heavy atom. The molecule has 1 amide bonds. The summed E-state index contributed by atoms with van der Waals surface area (Å²) in [4.78, 5) is 25.2. The monoisotopic (exact) mass is 286 g/mol. The Hall–Kier alpha value is -3.29. The fourth-order valence-electron chi connectivity index (χ4n) is 1.37. The number of furan rings is 1. The zero-order valence-corrected chi connectivity index (χ0v) is 10.7. The second-order valence-electron chi connectivity index (χ2n) is 3.75. The summed E-state index contributed by atoms with van der Waals surface area (Å²) < 4.78 is 4.90. The molecule has 0 aliphatic rings. The Bertz CT molecular complexity index is 691. The van der Waals surface area contributed by atoms with Crippen LogP contribution in [0.25, 0.3) is 6.08 Å². The van der Waals surface area contributed by atoms with Crippen LogP contribution in [0.3, 0.4) is 0 Å². The molecule has 2 heterocycles. The summed E-state index contributed by atoms with van der Waals surface area (Å²) in [6.45, 7) is 0. The van der Waals surface area contributed by atoms with Gasteiger partial charge in [0.05, 0.1) is 6.07 Å². The van der Waals surface area contributed by atoms with Gasteiger partial charge in [0.2, 0.25) is 0 Å². The fraction of sp³-hybridized carbons (Fsp3) is 0. The average molecular weight is 286 g/mol. The zero-order chi connectivity index (χ0) is 15.1. The number of hydrogen-bond donors (Lipinski definition) is 1. The third-order valence-electron chi connectivity index (χ3n) is 2.32. The summed E-state index contributed by atoms with van der Waals surface area (Å²) in [7, 11) is 0. The van der Waals surface area contributed by atoms with Crippen molar-refractivity contribution in [2.45, 2.75) is 0 Å². The van der Waals surface area contributed by atoms with E-state index in [1.165, 1.54) is 42.9 Å². The van der Waals surface area contributed by atoms with Gasteiger partial charge in [-0.25, -0.2) is 5.43 Å². The van der Waals surface area contributed by atoms with Crippen molar-refractivity contribution < 1.29 is 14.1 Å². The highest BCUT2D eigenvalue weighted by molar-refractivity contribution is 5.94. The second kappa shape index (κ2) is 6.75. The molecule has 2 aromatic heterocycles. The molecule has 8 nitrogen and oxygen atoms in total. The number of allylic oxidation sites excluding steroid dienone is 1. The number of carbonyl (C=O) groups is 1. The molecule has 0 spiro atoms. The number of aromatic nitrogens is 1. The number of carbonyl (C=O) groups excluding carboxylic acids is 1. The second-order valence-corrected chi connectivity index (χ2v) is 3.75. The van der Waals surface area contributed by atoms with Crippen molar-refractivity contribution in [3.63, 3.8) is 0 Å². The van der Waals surface area contributed by atoms with Crippen LogP contribution in [0, 0.1) is 10.1 Å². The van der Waals surface area contributed by atoms with E-state index in [-0.39, 0.29) is 11.8 Å². The lowest BCUT2D eigenvalue weighted by Crippen LogP contribution is -2.17. The molecular weight excluding hydrogens is 276 g/mol. The van der Waals surface area contributed by atoms with Crippen molar-refractivity contribution in [2.24, 2.45) is 5.10 Å². The minimum atomic E-state index is -0.625. The number of nitrogens with zero attached hydrogens (tertiary/aromatic N) is 3. The molecule has 2 aromatic rings. The molecule has 0 atom stereocenters. The molecule has 0 aliphatic heterocycles. The maximum absolute atomic E-state index is 11.6. The largest absolute Gasteiger partial charge is 0.433 e. The number of hydrogen-bond acceptors (Lipinski definition) is 6. The molecule has 2 rings (SSSR count). The van der Waals surface area contributed by atoms with Gasteiger partial charge in [0.15, 0.2) is 0 Å². The van der Waals surface area contributed by atoms with Crippen molar-refractivity contribution >= 4 is 24.1 Å². The van der Waals surface area contributed by atoms with E-state index in [1.807, 2.05) is 0 Å². The summed E-state index contributed by atoms with van der Waals surface area (Å²) in [5, 5.41) is 14.1. The molecule has 8 heteroatoms. The van der Waals surface area contributed by atoms with E-state index in [0.29, 0.717) is 11.3 Å². The molecule has 0 aromatic carbocycles. The van der Waals surface area contributed by atoms with Gasteiger partial charge in [-0.1, -0.05) is 0 Å². The van der Waals surface area contributed by atoms with E-state index in [0.717, 1.165) is 0 Å². The zero-order valence-electron chi connectivity index (χ0n) is 10.7. The lowest BCUT2D eigenvalue weighted by molar-refractivity contribution is -0.402. The van der Waals surface area contributed by atoms with Crippen molar-refractivity contribution in [3.05, 3.63) is 64.2 Å². The first kappa shape index (κ1) is 14.1. The van der Waals surface area contributed by atoms with E-state index < -0.39 is 4.92 Å². The van der Waals surface area contributed by atoms with E-state index in [1.54, 1.807) is 12.1 Å². The van der Waals surface area contributed by atoms with Gasteiger partial charge in [-0.05, 0) is 30.4 Å². The third kappa shape index (κ3) is 4.10. The van der Waals surface area contributed by atoms with Crippen molar-refractivity contribution in [3.8, 4) is 0 Å². The quantitative estimate of drug-likeness (QED) is 0.513. The number of nitro groups is 1. The molecule has 0 radical (unpaired) electrons. The average Bonchev–Trinajstić information content (AvgIpc) is 2.97. The highest BCUT2D eigenvalue weighted by atomic mass is 16.6. The van der Waals surface area contributed by atoms with E-state index in [9.17, 15) is 14.9 Å². The minimum Gasteiger partial charge on any atom is -0.401 e. The van der Waals surface area contributed by atoms with Crippen molar-refractivity contribution in [2.75, 3.05) is 0 Å². The molecule has 0 aliphatic carbocycles. The predicted octanol–water partition coefficient (Wildman–Crippen LogP) is 2.01. The lowest BCUT2D eigenvalue weighted by Gasteiger charge is -1.96. The molecule has 0 bridgehead atoms. The van der Waals surface area contributed by atoms with Crippen LogP contribution in [0.15, 0.2) is 52.3 Å². The van der Waals surface area contributed by atoms with Crippen LogP contribution < -0.4 is 5.43 Å². The van der Waals surface area contributed by atoms with Gasteiger partial charge in [-0.3, -0.25) is 19.9 Å². The smallest absolute Gasteiger partial charge is 0.401 e. The molecule has 0 fully saturated rings. The maximum Gasteiger partial charge on any atom is 0.433 e. The summed E-state index contributed by atoms with van der Waals surface area (Å²) >= 11 is 0. The Balaban J connectivity index is 1.86. The molecule has 0 saturated carbocycles. The summed E-state index contributed by atoms with van der Waals surface area (Å²) in [6, 6.07) is 5.82. The van der Waals surface area contributed by atoms with Crippen LogP contribution in [-0.4, -0.2) is 22.0 Å². The Morgan fingerprint density at radius 2 is 2.10 bits per heavy atom. The lowest BCUT2D eigenvalue weighted by atomic mass is 10.3. The predicted molar refractivity (Wildman–Crippen MR) is 74.6 cm³/mol. The number of rotatable bonds is 5. The van der Waals surface area contributed by atoms with Crippen LogP contribution in [0.5, 0.6) is 0 Å². The molecule has 0 unspecified atom stereocenters. The molecule has 106 valence electrons.